The second-order valence-electron chi connectivity index (χ2n) is 4.53. The Morgan fingerprint density at radius 1 is 1.40 bits per heavy atom. The number of piperidine rings is 1. The second kappa shape index (κ2) is 4.94. The van der Waals surface area contributed by atoms with E-state index in [0.717, 1.165) is 45.4 Å². The maximum atomic E-state index is 12.0. The van der Waals surface area contributed by atoms with Crippen LogP contribution in [0.15, 0.2) is 0 Å². The first-order valence-electron chi connectivity index (χ1n) is 5.91. The van der Waals surface area contributed by atoms with Gasteiger partial charge in [0.2, 0.25) is 0 Å². The standard InChI is InChI=1S/C11H20N2O2/c12-7-9-3-1-5-13(8-9)11(14)10-4-2-6-15-10/h9-10H,1-8,12H2/t9-,10-/m1/s1. The van der Waals surface area contributed by atoms with Crippen LogP contribution in [0, 0.1) is 5.92 Å². The van der Waals surface area contributed by atoms with Gasteiger partial charge in [0.1, 0.15) is 6.10 Å². The Morgan fingerprint density at radius 2 is 2.27 bits per heavy atom. The summed E-state index contributed by atoms with van der Waals surface area (Å²) >= 11 is 0. The molecular formula is C11H20N2O2. The van der Waals surface area contributed by atoms with Crippen molar-refractivity contribution in [2.24, 2.45) is 11.7 Å². The lowest BCUT2D eigenvalue weighted by atomic mass is 9.98. The topological polar surface area (TPSA) is 55.6 Å². The first-order chi connectivity index (χ1) is 7.31. The van der Waals surface area contributed by atoms with E-state index in [1.54, 1.807) is 0 Å². The highest BCUT2D eigenvalue weighted by atomic mass is 16.5. The molecule has 2 atom stereocenters. The lowest BCUT2D eigenvalue weighted by molar-refractivity contribution is -0.142. The minimum absolute atomic E-state index is 0.165. The van der Waals surface area contributed by atoms with Gasteiger partial charge < -0.3 is 15.4 Å². The Labute approximate surface area is 90.8 Å². The van der Waals surface area contributed by atoms with Crippen molar-refractivity contribution in [2.75, 3.05) is 26.2 Å². The molecule has 4 nitrogen and oxygen atoms in total. The number of rotatable bonds is 2. The summed E-state index contributed by atoms with van der Waals surface area (Å²) in [6, 6.07) is 0. The molecule has 0 bridgehead atoms. The molecule has 2 heterocycles. The summed E-state index contributed by atoms with van der Waals surface area (Å²) in [7, 11) is 0. The van der Waals surface area contributed by atoms with Gasteiger partial charge in [-0.05, 0) is 38.1 Å². The fourth-order valence-corrected chi connectivity index (χ4v) is 2.43. The Bertz CT molecular complexity index is 227. The highest BCUT2D eigenvalue weighted by molar-refractivity contribution is 5.81. The van der Waals surface area contributed by atoms with Crippen molar-refractivity contribution in [3.63, 3.8) is 0 Å². The van der Waals surface area contributed by atoms with Crippen LogP contribution in [0.4, 0.5) is 0 Å². The summed E-state index contributed by atoms with van der Waals surface area (Å²) in [5.41, 5.74) is 5.65. The summed E-state index contributed by atoms with van der Waals surface area (Å²) in [6.07, 6.45) is 3.99. The highest BCUT2D eigenvalue weighted by Crippen LogP contribution is 2.20. The summed E-state index contributed by atoms with van der Waals surface area (Å²) in [6.45, 7) is 3.14. The van der Waals surface area contributed by atoms with Crippen molar-refractivity contribution in [1.82, 2.24) is 4.90 Å². The molecule has 0 aromatic rings. The van der Waals surface area contributed by atoms with Gasteiger partial charge in [0, 0.05) is 19.7 Å². The van der Waals surface area contributed by atoms with E-state index in [-0.39, 0.29) is 12.0 Å². The minimum atomic E-state index is -0.165. The number of carbonyl (C=O) groups is 1. The van der Waals surface area contributed by atoms with E-state index in [1.165, 1.54) is 0 Å². The van der Waals surface area contributed by atoms with E-state index in [2.05, 4.69) is 0 Å². The fraction of sp³-hybridized carbons (Fsp3) is 0.909. The Morgan fingerprint density at radius 3 is 2.93 bits per heavy atom. The molecule has 2 N–H and O–H groups in total. The van der Waals surface area contributed by atoms with Crippen molar-refractivity contribution in [2.45, 2.75) is 31.8 Å². The molecule has 2 aliphatic rings. The maximum absolute atomic E-state index is 12.0. The normalized spacial score (nSPS) is 31.9. The monoisotopic (exact) mass is 212 g/mol. The number of carbonyl (C=O) groups excluding carboxylic acids is 1. The van der Waals surface area contributed by atoms with Crippen molar-refractivity contribution in [1.29, 1.82) is 0 Å². The first-order valence-corrected chi connectivity index (χ1v) is 5.91. The zero-order chi connectivity index (χ0) is 10.7. The predicted molar refractivity (Wildman–Crippen MR) is 57.3 cm³/mol. The molecule has 0 aliphatic carbocycles. The van der Waals surface area contributed by atoms with Crippen LogP contribution in [0.25, 0.3) is 0 Å². The SMILES string of the molecule is NC[C@H]1CCCN(C(=O)[C@H]2CCCO2)C1. The molecule has 4 heteroatoms. The predicted octanol–water partition coefficient (Wildman–Crippen LogP) is 0.363. The van der Waals surface area contributed by atoms with Crippen LogP contribution in [0.3, 0.4) is 0 Å². The third kappa shape index (κ3) is 2.49. The summed E-state index contributed by atoms with van der Waals surface area (Å²) in [5, 5.41) is 0. The average molecular weight is 212 g/mol. The van der Waals surface area contributed by atoms with E-state index in [4.69, 9.17) is 10.5 Å². The molecule has 2 fully saturated rings. The van der Waals surface area contributed by atoms with Crippen LogP contribution in [0.5, 0.6) is 0 Å². The molecule has 0 aromatic heterocycles. The van der Waals surface area contributed by atoms with Crippen LogP contribution in [-0.4, -0.2) is 43.2 Å². The lowest BCUT2D eigenvalue weighted by Crippen LogP contribution is -2.46. The summed E-state index contributed by atoms with van der Waals surface area (Å²) in [4.78, 5) is 14.0. The Balaban J connectivity index is 1.88. The molecule has 15 heavy (non-hydrogen) atoms. The quantitative estimate of drug-likeness (QED) is 0.719. The van der Waals surface area contributed by atoms with Gasteiger partial charge in [-0.3, -0.25) is 4.79 Å². The van der Waals surface area contributed by atoms with Crippen molar-refractivity contribution < 1.29 is 9.53 Å². The third-order valence-corrected chi connectivity index (χ3v) is 3.37. The van der Waals surface area contributed by atoms with Crippen LogP contribution in [0.1, 0.15) is 25.7 Å². The van der Waals surface area contributed by atoms with Crippen molar-refractivity contribution in [3.8, 4) is 0 Å². The maximum Gasteiger partial charge on any atom is 0.251 e. The van der Waals surface area contributed by atoms with Gasteiger partial charge in [-0.25, -0.2) is 0 Å². The average Bonchev–Trinajstić information content (AvgIpc) is 2.81. The molecular weight excluding hydrogens is 192 g/mol. The molecule has 1 amide bonds. The number of nitrogens with zero attached hydrogens (tertiary/aromatic N) is 1. The Kier molecular flexibility index (Phi) is 3.59. The Hall–Kier alpha value is -0.610. The smallest absolute Gasteiger partial charge is 0.251 e. The van der Waals surface area contributed by atoms with E-state index in [1.807, 2.05) is 4.90 Å². The van der Waals surface area contributed by atoms with Gasteiger partial charge in [0.25, 0.3) is 5.91 Å². The van der Waals surface area contributed by atoms with Gasteiger partial charge in [-0.2, -0.15) is 0 Å². The number of amides is 1. The van der Waals surface area contributed by atoms with Gasteiger partial charge in [0.15, 0.2) is 0 Å². The van der Waals surface area contributed by atoms with Crippen LogP contribution < -0.4 is 5.73 Å². The van der Waals surface area contributed by atoms with Crippen LogP contribution >= 0.6 is 0 Å². The molecule has 0 unspecified atom stereocenters. The second-order valence-corrected chi connectivity index (χ2v) is 4.53. The molecule has 0 aromatic carbocycles. The van der Waals surface area contributed by atoms with Gasteiger partial charge in [-0.15, -0.1) is 0 Å². The van der Waals surface area contributed by atoms with E-state index in [9.17, 15) is 4.79 Å². The number of likely N-dealkylation sites (tertiary alicyclic amines) is 1. The van der Waals surface area contributed by atoms with Crippen LogP contribution in [0.2, 0.25) is 0 Å². The molecule has 2 rings (SSSR count). The molecule has 0 spiro atoms. The van der Waals surface area contributed by atoms with Gasteiger partial charge >= 0.3 is 0 Å². The third-order valence-electron chi connectivity index (χ3n) is 3.37. The van der Waals surface area contributed by atoms with E-state index >= 15 is 0 Å². The first kappa shape index (κ1) is 10.9. The van der Waals surface area contributed by atoms with Crippen molar-refractivity contribution >= 4 is 5.91 Å². The lowest BCUT2D eigenvalue weighted by Gasteiger charge is -2.33. The largest absolute Gasteiger partial charge is 0.368 e. The zero-order valence-electron chi connectivity index (χ0n) is 9.15. The number of hydrogen-bond donors (Lipinski definition) is 1. The molecule has 0 radical (unpaired) electrons. The van der Waals surface area contributed by atoms with Crippen molar-refractivity contribution in [3.05, 3.63) is 0 Å². The molecule has 2 saturated heterocycles. The highest BCUT2D eigenvalue weighted by Gasteiger charge is 2.30. The van der Waals surface area contributed by atoms with E-state index < -0.39 is 0 Å². The zero-order valence-corrected chi connectivity index (χ0v) is 9.15. The molecule has 0 saturated carbocycles. The van der Waals surface area contributed by atoms with Gasteiger partial charge in [0.05, 0.1) is 0 Å². The van der Waals surface area contributed by atoms with Gasteiger partial charge in [-0.1, -0.05) is 0 Å². The molecule has 2 aliphatic heterocycles. The van der Waals surface area contributed by atoms with E-state index in [0.29, 0.717) is 12.5 Å². The number of ether oxygens (including phenoxy) is 1. The summed E-state index contributed by atoms with van der Waals surface area (Å²) < 4.78 is 5.41. The number of nitrogens with two attached hydrogens (primary N) is 1. The summed E-state index contributed by atoms with van der Waals surface area (Å²) in [5.74, 6) is 0.676. The number of hydrogen-bond acceptors (Lipinski definition) is 3. The van der Waals surface area contributed by atoms with Crippen LogP contribution in [-0.2, 0) is 9.53 Å². The molecule has 86 valence electrons. The fourth-order valence-electron chi connectivity index (χ4n) is 2.43. The minimum Gasteiger partial charge on any atom is -0.368 e.